The van der Waals surface area contributed by atoms with E-state index in [1.165, 1.54) is 0 Å². The minimum atomic E-state index is 0.140. The number of aliphatic hydroxyl groups is 1. The van der Waals surface area contributed by atoms with E-state index in [4.69, 9.17) is 14.6 Å². The van der Waals surface area contributed by atoms with Gasteiger partial charge in [-0.3, -0.25) is 0 Å². The molecule has 0 aromatic heterocycles. The maximum Gasteiger partial charge on any atom is 0.162 e. The lowest BCUT2D eigenvalue weighted by Crippen LogP contribution is -2.30. The van der Waals surface area contributed by atoms with Gasteiger partial charge in [-0.25, -0.2) is 0 Å². The van der Waals surface area contributed by atoms with E-state index in [1.54, 1.807) is 14.2 Å². The van der Waals surface area contributed by atoms with Crippen LogP contribution in [0.4, 0.5) is 5.69 Å². The molecule has 0 aliphatic carbocycles. The quantitative estimate of drug-likeness (QED) is 0.808. The number of methoxy groups -OCH3 is 2. The number of ether oxygens (including phenoxy) is 2. The smallest absolute Gasteiger partial charge is 0.162 e. The van der Waals surface area contributed by atoms with Crippen molar-refractivity contribution in [3.8, 4) is 11.5 Å². The van der Waals surface area contributed by atoms with E-state index in [1.807, 2.05) is 18.2 Å². The van der Waals surface area contributed by atoms with Crippen LogP contribution < -0.4 is 14.4 Å². The lowest BCUT2D eigenvalue weighted by atomic mass is 10.2. The topological polar surface area (TPSA) is 41.9 Å². The lowest BCUT2D eigenvalue weighted by molar-refractivity contribution is 0.300. The molecular formula is C14H23NO3. The highest BCUT2D eigenvalue weighted by atomic mass is 16.5. The van der Waals surface area contributed by atoms with Gasteiger partial charge >= 0.3 is 0 Å². The third kappa shape index (κ3) is 3.81. The predicted molar refractivity (Wildman–Crippen MR) is 73.7 cm³/mol. The minimum absolute atomic E-state index is 0.140. The molecule has 18 heavy (non-hydrogen) atoms. The Morgan fingerprint density at radius 1 is 1.17 bits per heavy atom. The summed E-state index contributed by atoms with van der Waals surface area (Å²) in [5.41, 5.74) is 1.04. The Bertz CT molecular complexity index is 366. The molecule has 4 heteroatoms. The Kier molecular flexibility index (Phi) is 5.78. The van der Waals surface area contributed by atoms with Crippen molar-refractivity contribution in [1.29, 1.82) is 0 Å². The fraction of sp³-hybridized carbons (Fsp3) is 0.571. The van der Waals surface area contributed by atoms with Crippen LogP contribution in [-0.4, -0.2) is 39.0 Å². The number of rotatable bonds is 7. The molecule has 102 valence electrons. The summed E-state index contributed by atoms with van der Waals surface area (Å²) in [6.45, 7) is 5.97. The molecule has 0 heterocycles. The van der Waals surface area contributed by atoms with Crippen LogP contribution >= 0.6 is 0 Å². The third-order valence-electron chi connectivity index (χ3n) is 2.69. The second-order valence-corrected chi connectivity index (χ2v) is 4.60. The van der Waals surface area contributed by atoms with Crippen molar-refractivity contribution >= 4 is 5.69 Å². The van der Waals surface area contributed by atoms with Crippen LogP contribution in [0.1, 0.15) is 13.8 Å². The number of hydrogen-bond acceptors (Lipinski definition) is 4. The lowest BCUT2D eigenvalue weighted by Gasteiger charge is -2.26. The van der Waals surface area contributed by atoms with E-state index in [0.29, 0.717) is 18.2 Å². The highest BCUT2D eigenvalue weighted by molar-refractivity contribution is 5.56. The van der Waals surface area contributed by atoms with E-state index < -0.39 is 0 Å². The van der Waals surface area contributed by atoms with Crippen molar-refractivity contribution in [1.82, 2.24) is 0 Å². The summed E-state index contributed by atoms with van der Waals surface area (Å²) in [5, 5.41) is 9.14. The van der Waals surface area contributed by atoms with E-state index in [9.17, 15) is 0 Å². The molecule has 0 bridgehead atoms. The van der Waals surface area contributed by atoms with Gasteiger partial charge in [0.15, 0.2) is 11.5 Å². The van der Waals surface area contributed by atoms with Gasteiger partial charge in [0, 0.05) is 24.8 Å². The maximum absolute atomic E-state index is 9.14. The summed E-state index contributed by atoms with van der Waals surface area (Å²) in [6, 6.07) is 5.81. The molecule has 0 spiro atoms. The first kappa shape index (κ1) is 14.6. The molecule has 0 radical (unpaired) electrons. The molecule has 0 fully saturated rings. The van der Waals surface area contributed by atoms with Gasteiger partial charge in [0.05, 0.1) is 20.8 Å². The summed E-state index contributed by atoms with van der Waals surface area (Å²) in [7, 11) is 3.25. The summed E-state index contributed by atoms with van der Waals surface area (Å²) in [6.07, 6.45) is 0. The molecular weight excluding hydrogens is 230 g/mol. The third-order valence-corrected chi connectivity index (χ3v) is 2.69. The van der Waals surface area contributed by atoms with Crippen molar-refractivity contribution in [3.05, 3.63) is 18.2 Å². The molecule has 0 saturated carbocycles. The van der Waals surface area contributed by atoms with E-state index in [-0.39, 0.29) is 6.61 Å². The normalized spacial score (nSPS) is 10.6. The second kappa shape index (κ2) is 7.11. The Balaban J connectivity index is 2.97. The molecule has 0 amide bonds. The van der Waals surface area contributed by atoms with Crippen molar-refractivity contribution in [2.24, 2.45) is 5.92 Å². The van der Waals surface area contributed by atoms with Crippen LogP contribution in [0.15, 0.2) is 18.2 Å². The molecule has 1 rings (SSSR count). The molecule has 4 nitrogen and oxygen atoms in total. The van der Waals surface area contributed by atoms with Gasteiger partial charge in [-0.15, -0.1) is 0 Å². The molecule has 0 unspecified atom stereocenters. The minimum Gasteiger partial charge on any atom is -0.493 e. The monoisotopic (exact) mass is 253 g/mol. The Morgan fingerprint density at radius 2 is 1.83 bits per heavy atom. The molecule has 1 aromatic carbocycles. The summed E-state index contributed by atoms with van der Waals surface area (Å²) in [5.74, 6) is 1.96. The first-order chi connectivity index (χ1) is 8.62. The highest BCUT2D eigenvalue weighted by Crippen LogP contribution is 2.31. The van der Waals surface area contributed by atoms with Crippen molar-refractivity contribution in [3.63, 3.8) is 0 Å². The van der Waals surface area contributed by atoms with Crippen LogP contribution in [0.5, 0.6) is 11.5 Å². The Labute approximate surface area is 109 Å². The maximum atomic E-state index is 9.14. The number of hydrogen-bond donors (Lipinski definition) is 1. The molecule has 0 aliphatic heterocycles. The van der Waals surface area contributed by atoms with Gasteiger partial charge in [0.25, 0.3) is 0 Å². The Morgan fingerprint density at radius 3 is 2.33 bits per heavy atom. The SMILES string of the molecule is COc1ccc(N(CCO)CC(C)C)cc1OC. The molecule has 0 saturated heterocycles. The molecule has 0 atom stereocenters. The fourth-order valence-electron chi connectivity index (χ4n) is 1.91. The fourth-order valence-corrected chi connectivity index (χ4v) is 1.91. The standard InChI is InChI=1S/C14H23NO3/c1-11(2)10-15(7-8-16)12-5-6-13(17-3)14(9-12)18-4/h5-6,9,11,16H,7-8,10H2,1-4H3. The highest BCUT2D eigenvalue weighted by Gasteiger charge is 2.11. The van der Waals surface area contributed by atoms with Crippen LogP contribution in [0, 0.1) is 5.92 Å². The number of nitrogens with zero attached hydrogens (tertiary/aromatic N) is 1. The Hall–Kier alpha value is -1.42. The zero-order valence-corrected chi connectivity index (χ0v) is 11.6. The van der Waals surface area contributed by atoms with Gasteiger partial charge in [0.1, 0.15) is 0 Å². The average molecular weight is 253 g/mol. The van der Waals surface area contributed by atoms with Gasteiger partial charge in [-0.05, 0) is 18.1 Å². The van der Waals surface area contributed by atoms with Gasteiger partial charge < -0.3 is 19.5 Å². The van der Waals surface area contributed by atoms with Gasteiger partial charge in [0.2, 0.25) is 0 Å². The molecule has 1 aromatic rings. The summed E-state index contributed by atoms with van der Waals surface area (Å²) >= 11 is 0. The number of anilines is 1. The van der Waals surface area contributed by atoms with E-state index in [2.05, 4.69) is 18.7 Å². The van der Waals surface area contributed by atoms with E-state index >= 15 is 0 Å². The molecule has 1 N–H and O–H groups in total. The number of aliphatic hydroxyl groups excluding tert-OH is 1. The largest absolute Gasteiger partial charge is 0.493 e. The van der Waals surface area contributed by atoms with Gasteiger partial charge in [-0.1, -0.05) is 13.8 Å². The summed E-state index contributed by atoms with van der Waals surface area (Å²) in [4.78, 5) is 2.15. The van der Waals surface area contributed by atoms with Crippen molar-refractivity contribution in [2.45, 2.75) is 13.8 Å². The van der Waals surface area contributed by atoms with Crippen molar-refractivity contribution in [2.75, 3.05) is 38.8 Å². The number of benzene rings is 1. The molecule has 0 aliphatic rings. The van der Waals surface area contributed by atoms with Crippen LogP contribution in [0.2, 0.25) is 0 Å². The predicted octanol–water partition coefficient (Wildman–Crippen LogP) is 2.16. The zero-order valence-electron chi connectivity index (χ0n) is 11.6. The average Bonchev–Trinajstić information content (AvgIpc) is 2.37. The van der Waals surface area contributed by atoms with Crippen LogP contribution in [0.3, 0.4) is 0 Å². The first-order valence-corrected chi connectivity index (χ1v) is 6.20. The van der Waals surface area contributed by atoms with Crippen LogP contribution in [-0.2, 0) is 0 Å². The van der Waals surface area contributed by atoms with Crippen LogP contribution in [0.25, 0.3) is 0 Å². The first-order valence-electron chi connectivity index (χ1n) is 6.20. The summed E-state index contributed by atoms with van der Waals surface area (Å²) < 4.78 is 10.5. The second-order valence-electron chi connectivity index (χ2n) is 4.60. The zero-order chi connectivity index (χ0) is 13.5. The van der Waals surface area contributed by atoms with E-state index in [0.717, 1.165) is 18.0 Å². The van der Waals surface area contributed by atoms with Crippen molar-refractivity contribution < 1.29 is 14.6 Å². The van der Waals surface area contributed by atoms with Gasteiger partial charge in [-0.2, -0.15) is 0 Å².